The third kappa shape index (κ3) is 1.82. The molecule has 6 nitrogen and oxygen atoms in total. The molecule has 2 saturated heterocycles. The van der Waals surface area contributed by atoms with Crippen molar-refractivity contribution in [3.63, 3.8) is 0 Å². The molecule has 0 bridgehead atoms. The Labute approximate surface area is 110 Å². The van der Waals surface area contributed by atoms with E-state index >= 15 is 0 Å². The van der Waals surface area contributed by atoms with Crippen LogP contribution in [0.3, 0.4) is 0 Å². The molecule has 0 N–H and O–H groups in total. The average Bonchev–Trinajstić information content (AvgIpc) is 2.83. The highest BCUT2D eigenvalue weighted by atomic mass is 16.6. The van der Waals surface area contributed by atoms with Gasteiger partial charge < -0.3 is 14.4 Å². The first kappa shape index (κ1) is 12.2. The minimum atomic E-state index is -0.818. The molecule has 0 unspecified atom stereocenters. The van der Waals surface area contributed by atoms with Gasteiger partial charge in [-0.1, -0.05) is 0 Å². The molecule has 6 heteroatoms. The second kappa shape index (κ2) is 4.08. The van der Waals surface area contributed by atoms with Gasteiger partial charge in [0.2, 0.25) is 5.91 Å². The summed E-state index contributed by atoms with van der Waals surface area (Å²) in [6.45, 7) is 1.94. The van der Waals surface area contributed by atoms with E-state index in [-0.39, 0.29) is 18.4 Å². The Kier molecular flexibility index (Phi) is 2.62. The van der Waals surface area contributed by atoms with Gasteiger partial charge in [0.05, 0.1) is 6.42 Å². The molecule has 1 spiro atoms. The topological polar surface area (TPSA) is 72.9 Å². The van der Waals surface area contributed by atoms with Crippen LogP contribution in [0.2, 0.25) is 0 Å². The lowest BCUT2D eigenvalue weighted by molar-refractivity contribution is -0.166. The molecule has 3 atom stereocenters. The predicted molar refractivity (Wildman–Crippen MR) is 62.9 cm³/mol. The number of ether oxygens (including phenoxy) is 2. The zero-order valence-electron chi connectivity index (χ0n) is 10.6. The summed E-state index contributed by atoms with van der Waals surface area (Å²) in [6.07, 6.45) is 4.14. The van der Waals surface area contributed by atoms with Crippen molar-refractivity contribution in [1.82, 2.24) is 4.90 Å². The second-order valence-corrected chi connectivity index (χ2v) is 5.20. The van der Waals surface area contributed by atoms with Gasteiger partial charge in [-0.2, -0.15) is 0 Å². The highest BCUT2D eigenvalue weighted by Gasteiger charge is 2.58. The molecule has 0 saturated carbocycles. The summed E-state index contributed by atoms with van der Waals surface area (Å²) < 4.78 is 10.7. The molecule has 2 fully saturated rings. The van der Waals surface area contributed by atoms with Crippen LogP contribution in [0, 0.1) is 0 Å². The van der Waals surface area contributed by atoms with Crippen molar-refractivity contribution in [2.75, 3.05) is 6.54 Å². The van der Waals surface area contributed by atoms with Gasteiger partial charge in [0, 0.05) is 19.5 Å². The van der Waals surface area contributed by atoms with E-state index in [1.165, 1.54) is 13.0 Å². The van der Waals surface area contributed by atoms with Crippen LogP contribution < -0.4 is 0 Å². The van der Waals surface area contributed by atoms with Gasteiger partial charge in [-0.15, -0.1) is 0 Å². The summed E-state index contributed by atoms with van der Waals surface area (Å²) in [5, 5.41) is 0. The number of esters is 2. The van der Waals surface area contributed by atoms with Gasteiger partial charge in [-0.3, -0.25) is 9.59 Å². The van der Waals surface area contributed by atoms with Gasteiger partial charge in [0.25, 0.3) is 0 Å². The minimum absolute atomic E-state index is 0.0494. The lowest BCUT2D eigenvalue weighted by Gasteiger charge is -2.43. The van der Waals surface area contributed by atoms with Crippen LogP contribution in [0.25, 0.3) is 0 Å². The summed E-state index contributed by atoms with van der Waals surface area (Å²) >= 11 is 0. The molecule has 0 radical (unpaired) electrons. The highest BCUT2D eigenvalue weighted by Crippen LogP contribution is 2.42. The van der Waals surface area contributed by atoms with Gasteiger partial charge >= 0.3 is 11.9 Å². The first-order valence-corrected chi connectivity index (χ1v) is 6.41. The summed E-state index contributed by atoms with van der Waals surface area (Å²) in [5.74, 6) is -0.872. The standard InChI is InChI=1S/C13H15NO5/c1-8(15)18-9-7-10(16)14-6-2-4-13(12(9)14)5-3-11(17)19-13/h3,5,9,12H,2,4,6-7H2,1H3/t9-,12-,13+/m0/s1. The Morgan fingerprint density at radius 2 is 2.32 bits per heavy atom. The van der Waals surface area contributed by atoms with Crippen molar-refractivity contribution < 1.29 is 23.9 Å². The molecule has 3 heterocycles. The summed E-state index contributed by atoms with van der Waals surface area (Å²) in [6, 6.07) is -0.389. The monoisotopic (exact) mass is 265 g/mol. The average molecular weight is 265 g/mol. The summed E-state index contributed by atoms with van der Waals surface area (Å²) in [7, 11) is 0. The normalized spacial score (nSPS) is 36.6. The number of hydrogen-bond acceptors (Lipinski definition) is 5. The van der Waals surface area contributed by atoms with Gasteiger partial charge in [-0.05, 0) is 18.9 Å². The molecule has 3 rings (SSSR count). The zero-order valence-corrected chi connectivity index (χ0v) is 10.6. The van der Waals surface area contributed by atoms with E-state index in [1.54, 1.807) is 11.0 Å². The van der Waals surface area contributed by atoms with Crippen molar-refractivity contribution in [1.29, 1.82) is 0 Å². The number of fused-ring (bicyclic) bond motifs is 2. The molecule has 0 aromatic heterocycles. The van der Waals surface area contributed by atoms with E-state index in [2.05, 4.69) is 0 Å². The molecule has 0 aromatic carbocycles. The van der Waals surface area contributed by atoms with Crippen molar-refractivity contribution in [3.8, 4) is 0 Å². The molecule has 19 heavy (non-hydrogen) atoms. The molecule has 3 aliphatic rings. The van der Waals surface area contributed by atoms with E-state index in [0.29, 0.717) is 13.0 Å². The maximum Gasteiger partial charge on any atom is 0.331 e. The van der Waals surface area contributed by atoms with Crippen LogP contribution in [-0.2, 0) is 23.9 Å². The quantitative estimate of drug-likeness (QED) is 0.632. The van der Waals surface area contributed by atoms with Crippen LogP contribution >= 0.6 is 0 Å². The SMILES string of the molecule is CC(=O)O[C@H]1CC(=O)N2CCC[C@@]3(C=CC(=O)O3)[C@H]12. The fourth-order valence-electron chi connectivity index (χ4n) is 3.35. The maximum absolute atomic E-state index is 12.0. The number of piperidine rings is 1. The Morgan fingerprint density at radius 3 is 2.95 bits per heavy atom. The Balaban J connectivity index is 1.94. The van der Waals surface area contributed by atoms with Crippen LogP contribution in [0.1, 0.15) is 26.2 Å². The Hall–Kier alpha value is -1.85. The van der Waals surface area contributed by atoms with E-state index in [9.17, 15) is 14.4 Å². The van der Waals surface area contributed by atoms with Crippen LogP contribution in [0.5, 0.6) is 0 Å². The van der Waals surface area contributed by atoms with Gasteiger partial charge in [0.1, 0.15) is 12.1 Å². The first-order valence-electron chi connectivity index (χ1n) is 6.41. The zero-order chi connectivity index (χ0) is 13.6. The molecule has 102 valence electrons. The molecular weight excluding hydrogens is 250 g/mol. The Bertz CT molecular complexity index is 485. The third-order valence-corrected chi connectivity index (χ3v) is 3.96. The fourth-order valence-corrected chi connectivity index (χ4v) is 3.35. The molecular formula is C13H15NO5. The lowest BCUT2D eigenvalue weighted by atomic mass is 9.83. The maximum atomic E-state index is 12.0. The van der Waals surface area contributed by atoms with E-state index in [1.807, 2.05) is 0 Å². The molecule has 1 amide bonds. The van der Waals surface area contributed by atoms with Crippen molar-refractivity contribution in [2.24, 2.45) is 0 Å². The molecule has 3 aliphatic heterocycles. The van der Waals surface area contributed by atoms with Gasteiger partial charge in [-0.25, -0.2) is 4.79 Å². The number of nitrogens with zero attached hydrogens (tertiary/aromatic N) is 1. The number of carbonyl (C=O) groups excluding carboxylic acids is 3. The fraction of sp³-hybridized carbons (Fsp3) is 0.615. The highest BCUT2D eigenvalue weighted by molar-refractivity contribution is 5.87. The number of carbonyl (C=O) groups is 3. The minimum Gasteiger partial charge on any atom is -0.460 e. The lowest BCUT2D eigenvalue weighted by Crippen LogP contribution is -2.58. The van der Waals surface area contributed by atoms with E-state index < -0.39 is 23.6 Å². The second-order valence-electron chi connectivity index (χ2n) is 5.20. The number of rotatable bonds is 1. The predicted octanol–water partition coefficient (Wildman–Crippen LogP) is 0.165. The van der Waals surface area contributed by atoms with E-state index in [4.69, 9.17) is 9.47 Å². The van der Waals surface area contributed by atoms with Crippen molar-refractivity contribution >= 4 is 17.8 Å². The Morgan fingerprint density at radius 1 is 1.53 bits per heavy atom. The van der Waals surface area contributed by atoms with Crippen molar-refractivity contribution in [3.05, 3.63) is 12.2 Å². The molecule has 0 aliphatic carbocycles. The smallest absolute Gasteiger partial charge is 0.331 e. The summed E-state index contributed by atoms with van der Waals surface area (Å²) in [5.41, 5.74) is -0.818. The van der Waals surface area contributed by atoms with E-state index in [0.717, 1.165) is 6.42 Å². The number of amides is 1. The molecule has 0 aromatic rings. The largest absolute Gasteiger partial charge is 0.460 e. The van der Waals surface area contributed by atoms with Gasteiger partial charge in [0.15, 0.2) is 5.60 Å². The van der Waals surface area contributed by atoms with Crippen molar-refractivity contribution in [2.45, 2.75) is 43.9 Å². The number of hydrogen-bond donors (Lipinski definition) is 0. The third-order valence-electron chi connectivity index (χ3n) is 3.96. The van der Waals surface area contributed by atoms with Crippen LogP contribution in [-0.4, -0.2) is 47.0 Å². The first-order chi connectivity index (χ1) is 9.02. The van der Waals surface area contributed by atoms with Crippen LogP contribution in [0.15, 0.2) is 12.2 Å². The summed E-state index contributed by atoms with van der Waals surface area (Å²) in [4.78, 5) is 36.2. The van der Waals surface area contributed by atoms with Crippen LogP contribution in [0.4, 0.5) is 0 Å².